The Bertz CT molecular complexity index is 710. The molecule has 0 bridgehead atoms. The highest BCUT2D eigenvalue weighted by Gasteiger charge is 2.42. The van der Waals surface area contributed by atoms with Crippen LogP contribution in [0.4, 0.5) is 0 Å². The van der Waals surface area contributed by atoms with Crippen LogP contribution in [0.25, 0.3) is 11.3 Å². The Morgan fingerprint density at radius 2 is 2.05 bits per heavy atom. The zero-order valence-electron chi connectivity index (χ0n) is 12.2. The Morgan fingerprint density at radius 3 is 2.68 bits per heavy atom. The topological polar surface area (TPSA) is 83.6 Å². The molecule has 114 valence electrons. The average Bonchev–Trinajstić information content (AvgIpc) is 3.15. The van der Waals surface area contributed by atoms with Gasteiger partial charge in [-0.25, -0.2) is 0 Å². The van der Waals surface area contributed by atoms with Crippen molar-refractivity contribution >= 4 is 11.9 Å². The second-order valence-corrected chi connectivity index (χ2v) is 5.78. The van der Waals surface area contributed by atoms with Crippen molar-refractivity contribution in [1.82, 2.24) is 10.1 Å². The number of likely N-dealkylation sites (tertiary alicyclic amines) is 1. The predicted molar refractivity (Wildman–Crippen MR) is 78.2 cm³/mol. The molecule has 1 atom stereocenters. The molecule has 0 saturated carbocycles. The van der Waals surface area contributed by atoms with Crippen LogP contribution in [0, 0.1) is 5.41 Å². The minimum atomic E-state index is -0.887. The number of carbonyl (C=O) groups is 2. The van der Waals surface area contributed by atoms with Gasteiger partial charge < -0.3 is 14.5 Å². The molecule has 0 aliphatic carbocycles. The van der Waals surface area contributed by atoms with Gasteiger partial charge in [-0.05, 0) is 13.3 Å². The molecule has 1 amide bonds. The van der Waals surface area contributed by atoms with Crippen molar-refractivity contribution in [3.63, 3.8) is 0 Å². The molecule has 0 spiro atoms. The molecule has 6 heteroatoms. The summed E-state index contributed by atoms with van der Waals surface area (Å²) < 4.78 is 5.22. The number of carboxylic acid groups (broad SMARTS) is 1. The van der Waals surface area contributed by atoms with Crippen molar-refractivity contribution in [3.8, 4) is 11.3 Å². The fourth-order valence-electron chi connectivity index (χ4n) is 2.59. The first-order valence-electron chi connectivity index (χ1n) is 7.04. The maximum absolute atomic E-state index is 12.4. The van der Waals surface area contributed by atoms with Crippen LogP contribution in [0.1, 0.15) is 23.8 Å². The molecule has 2 heterocycles. The third-order valence-electron chi connectivity index (χ3n) is 4.06. The van der Waals surface area contributed by atoms with E-state index in [2.05, 4.69) is 5.16 Å². The molecule has 3 rings (SSSR count). The fraction of sp³-hybridized carbons (Fsp3) is 0.312. The zero-order chi connectivity index (χ0) is 15.7. The molecular formula is C16H16N2O4. The van der Waals surface area contributed by atoms with E-state index >= 15 is 0 Å². The van der Waals surface area contributed by atoms with E-state index in [1.165, 1.54) is 4.90 Å². The SMILES string of the molecule is CC1(C(=O)O)CCN(C(=O)c2cc(-c3ccccc3)on2)C1. The summed E-state index contributed by atoms with van der Waals surface area (Å²) in [6.45, 7) is 2.25. The van der Waals surface area contributed by atoms with Crippen molar-refractivity contribution in [2.24, 2.45) is 5.41 Å². The second-order valence-electron chi connectivity index (χ2n) is 5.78. The maximum Gasteiger partial charge on any atom is 0.311 e. The summed E-state index contributed by atoms with van der Waals surface area (Å²) in [4.78, 5) is 25.2. The normalized spacial score (nSPS) is 21.0. The van der Waals surface area contributed by atoms with Gasteiger partial charge in [-0.3, -0.25) is 9.59 Å². The lowest BCUT2D eigenvalue weighted by Crippen LogP contribution is -2.35. The van der Waals surface area contributed by atoms with E-state index < -0.39 is 11.4 Å². The van der Waals surface area contributed by atoms with Crippen LogP contribution in [0.15, 0.2) is 40.9 Å². The molecule has 1 saturated heterocycles. The molecule has 1 aliphatic rings. The Balaban J connectivity index is 1.77. The van der Waals surface area contributed by atoms with Crippen molar-refractivity contribution in [3.05, 3.63) is 42.1 Å². The molecule has 0 radical (unpaired) electrons. The van der Waals surface area contributed by atoms with Crippen molar-refractivity contribution in [2.45, 2.75) is 13.3 Å². The van der Waals surface area contributed by atoms with Crippen molar-refractivity contribution in [2.75, 3.05) is 13.1 Å². The molecule has 1 N–H and O–H groups in total. The predicted octanol–water partition coefficient (Wildman–Crippen LogP) is 2.28. The summed E-state index contributed by atoms with van der Waals surface area (Å²) in [6, 6.07) is 11.0. The van der Waals surface area contributed by atoms with Crippen LogP contribution in [-0.2, 0) is 4.79 Å². The summed E-state index contributed by atoms with van der Waals surface area (Å²) in [7, 11) is 0. The summed E-state index contributed by atoms with van der Waals surface area (Å²) in [6.07, 6.45) is 0.442. The highest BCUT2D eigenvalue weighted by atomic mass is 16.5. The third-order valence-corrected chi connectivity index (χ3v) is 4.06. The largest absolute Gasteiger partial charge is 0.481 e. The van der Waals surface area contributed by atoms with E-state index in [-0.39, 0.29) is 18.1 Å². The van der Waals surface area contributed by atoms with Crippen LogP contribution in [0.5, 0.6) is 0 Å². The molecule has 1 aromatic heterocycles. The van der Waals surface area contributed by atoms with Gasteiger partial charge in [0, 0.05) is 24.7 Å². The lowest BCUT2D eigenvalue weighted by Gasteiger charge is -2.19. The van der Waals surface area contributed by atoms with Gasteiger partial charge in [0.15, 0.2) is 11.5 Å². The number of carbonyl (C=O) groups excluding carboxylic acids is 1. The van der Waals surface area contributed by atoms with E-state index in [0.29, 0.717) is 18.7 Å². The summed E-state index contributed by atoms with van der Waals surface area (Å²) >= 11 is 0. The monoisotopic (exact) mass is 300 g/mol. The smallest absolute Gasteiger partial charge is 0.311 e. The lowest BCUT2D eigenvalue weighted by atomic mass is 9.90. The molecule has 1 fully saturated rings. The molecule has 6 nitrogen and oxygen atoms in total. The third kappa shape index (κ3) is 2.47. The first kappa shape index (κ1) is 14.3. The van der Waals surface area contributed by atoms with Crippen LogP contribution < -0.4 is 0 Å². The number of benzene rings is 1. The van der Waals surface area contributed by atoms with Crippen molar-refractivity contribution in [1.29, 1.82) is 0 Å². The van der Waals surface area contributed by atoms with Gasteiger partial charge in [-0.1, -0.05) is 35.5 Å². The molecule has 1 aromatic carbocycles. The van der Waals surface area contributed by atoms with Gasteiger partial charge in [0.05, 0.1) is 5.41 Å². The number of rotatable bonds is 3. The Kier molecular flexibility index (Phi) is 3.44. The quantitative estimate of drug-likeness (QED) is 0.940. The average molecular weight is 300 g/mol. The number of aromatic nitrogens is 1. The van der Waals surface area contributed by atoms with Crippen LogP contribution in [0.2, 0.25) is 0 Å². The Labute approximate surface area is 127 Å². The maximum atomic E-state index is 12.4. The highest BCUT2D eigenvalue weighted by molar-refractivity contribution is 5.94. The lowest BCUT2D eigenvalue weighted by molar-refractivity contribution is -0.147. The fourth-order valence-corrected chi connectivity index (χ4v) is 2.59. The zero-order valence-corrected chi connectivity index (χ0v) is 12.2. The van der Waals surface area contributed by atoms with E-state index in [0.717, 1.165) is 5.56 Å². The van der Waals surface area contributed by atoms with E-state index in [1.807, 2.05) is 30.3 Å². The highest BCUT2D eigenvalue weighted by Crippen LogP contribution is 2.31. The minimum Gasteiger partial charge on any atom is -0.481 e. The van der Waals surface area contributed by atoms with Gasteiger partial charge in [0.2, 0.25) is 0 Å². The van der Waals surface area contributed by atoms with Gasteiger partial charge >= 0.3 is 5.97 Å². The van der Waals surface area contributed by atoms with Crippen LogP contribution in [-0.4, -0.2) is 40.1 Å². The van der Waals surface area contributed by atoms with E-state index in [1.54, 1.807) is 13.0 Å². The number of carboxylic acids is 1. The Hall–Kier alpha value is -2.63. The summed E-state index contributed by atoms with van der Waals surface area (Å²) in [5.41, 5.74) is 0.154. The molecule has 1 unspecified atom stereocenters. The standard InChI is InChI=1S/C16H16N2O4/c1-16(15(20)21)7-8-18(10-16)14(19)12-9-13(22-17-12)11-5-3-2-4-6-11/h2-6,9H,7-8,10H2,1H3,(H,20,21). The van der Waals surface area contributed by atoms with Gasteiger partial charge in [0.25, 0.3) is 5.91 Å². The van der Waals surface area contributed by atoms with Gasteiger partial charge in [0.1, 0.15) is 0 Å². The number of hydrogen-bond acceptors (Lipinski definition) is 4. The minimum absolute atomic E-state index is 0.189. The van der Waals surface area contributed by atoms with Gasteiger partial charge in [-0.2, -0.15) is 0 Å². The van der Waals surface area contributed by atoms with Crippen LogP contribution in [0.3, 0.4) is 0 Å². The number of nitrogens with zero attached hydrogens (tertiary/aromatic N) is 2. The number of amides is 1. The first-order valence-corrected chi connectivity index (χ1v) is 7.04. The number of aliphatic carboxylic acids is 1. The molecule has 2 aromatic rings. The number of hydrogen-bond donors (Lipinski definition) is 1. The van der Waals surface area contributed by atoms with Crippen LogP contribution >= 0.6 is 0 Å². The van der Waals surface area contributed by atoms with Crippen molar-refractivity contribution < 1.29 is 19.2 Å². The summed E-state index contributed by atoms with van der Waals surface area (Å²) in [5.74, 6) is -0.659. The Morgan fingerprint density at radius 1 is 1.32 bits per heavy atom. The second kappa shape index (κ2) is 5.29. The van der Waals surface area contributed by atoms with E-state index in [4.69, 9.17) is 4.52 Å². The van der Waals surface area contributed by atoms with Gasteiger partial charge in [-0.15, -0.1) is 0 Å². The molecule has 22 heavy (non-hydrogen) atoms. The van der Waals surface area contributed by atoms with E-state index in [9.17, 15) is 14.7 Å². The molecule has 1 aliphatic heterocycles. The summed E-state index contributed by atoms with van der Waals surface area (Å²) in [5, 5.41) is 13.0. The molecular weight excluding hydrogens is 284 g/mol. The first-order chi connectivity index (χ1) is 10.5.